The summed E-state index contributed by atoms with van der Waals surface area (Å²) in [4.78, 5) is 16.2. The first-order chi connectivity index (χ1) is 15.7. The molecule has 0 bridgehead atoms. The van der Waals surface area contributed by atoms with Crippen molar-refractivity contribution in [1.29, 1.82) is 0 Å². The molecule has 1 aliphatic heterocycles. The highest BCUT2D eigenvalue weighted by molar-refractivity contribution is 7.92. The third-order valence-corrected chi connectivity index (χ3v) is 6.72. The summed E-state index contributed by atoms with van der Waals surface area (Å²) in [6, 6.07) is 14.4. The Hall–Kier alpha value is -3.53. The highest BCUT2D eigenvalue weighted by Crippen LogP contribution is 2.21. The van der Waals surface area contributed by atoms with E-state index in [4.69, 9.17) is 0 Å². The van der Waals surface area contributed by atoms with Crippen LogP contribution in [0.1, 0.15) is 10.4 Å². The molecule has 1 aliphatic rings. The van der Waals surface area contributed by atoms with E-state index in [1.165, 1.54) is 36.4 Å². The molecule has 0 saturated carbocycles. The molecule has 0 spiro atoms. The van der Waals surface area contributed by atoms with Gasteiger partial charge in [-0.25, -0.2) is 21.6 Å². The summed E-state index contributed by atoms with van der Waals surface area (Å²) in [6.45, 7) is 2.18. The average molecular weight is 475 g/mol. The Balaban J connectivity index is 1.38. The number of carbonyl (C=O) groups is 1. The van der Waals surface area contributed by atoms with Crippen LogP contribution < -0.4 is 9.62 Å². The maximum atomic E-state index is 13.4. The molecule has 1 fully saturated rings. The van der Waals surface area contributed by atoms with Crippen molar-refractivity contribution in [2.75, 3.05) is 35.8 Å². The van der Waals surface area contributed by atoms with E-state index in [2.05, 4.69) is 9.62 Å². The van der Waals surface area contributed by atoms with E-state index in [1.54, 1.807) is 17.0 Å². The SMILES string of the molecule is O=C(c1ccc(NS(=O)(=O)c2ccc(F)c(F)c2)cc1)N1CCN(c2ccc(F)cc2)CC1. The van der Waals surface area contributed by atoms with Gasteiger partial charge in [0.2, 0.25) is 0 Å². The van der Waals surface area contributed by atoms with Gasteiger partial charge in [-0.3, -0.25) is 9.52 Å². The molecule has 3 aromatic carbocycles. The highest BCUT2D eigenvalue weighted by Gasteiger charge is 2.23. The fourth-order valence-electron chi connectivity index (χ4n) is 3.54. The fourth-order valence-corrected chi connectivity index (χ4v) is 4.61. The minimum absolute atomic E-state index is 0.178. The number of benzene rings is 3. The lowest BCUT2D eigenvalue weighted by Gasteiger charge is -2.36. The minimum atomic E-state index is -4.12. The largest absolute Gasteiger partial charge is 0.368 e. The summed E-state index contributed by atoms with van der Waals surface area (Å²) >= 11 is 0. The molecular weight excluding hydrogens is 455 g/mol. The second-order valence-corrected chi connectivity index (χ2v) is 9.20. The third kappa shape index (κ3) is 5.11. The number of carbonyl (C=O) groups excluding carboxylic acids is 1. The topological polar surface area (TPSA) is 69.7 Å². The molecule has 1 amide bonds. The normalized spacial score (nSPS) is 14.3. The van der Waals surface area contributed by atoms with Crippen LogP contribution in [-0.4, -0.2) is 45.4 Å². The zero-order chi connectivity index (χ0) is 23.6. The van der Waals surface area contributed by atoms with Crippen molar-refractivity contribution < 1.29 is 26.4 Å². The van der Waals surface area contributed by atoms with Crippen LogP contribution in [0.15, 0.2) is 71.6 Å². The molecule has 1 saturated heterocycles. The number of hydrogen-bond donors (Lipinski definition) is 1. The summed E-state index contributed by atoms with van der Waals surface area (Å²) < 4.78 is 66.6. The molecule has 1 heterocycles. The molecule has 172 valence electrons. The number of nitrogens with one attached hydrogen (secondary N) is 1. The Labute approximate surface area is 189 Å². The van der Waals surface area contributed by atoms with E-state index < -0.39 is 26.6 Å². The molecule has 10 heteroatoms. The first-order valence-electron chi connectivity index (χ1n) is 10.1. The van der Waals surface area contributed by atoms with Gasteiger partial charge >= 0.3 is 0 Å². The number of rotatable bonds is 5. The zero-order valence-corrected chi connectivity index (χ0v) is 18.2. The predicted molar refractivity (Wildman–Crippen MR) is 118 cm³/mol. The van der Waals surface area contributed by atoms with Gasteiger partial charge in [-0.2, -0.15) is 0 Å². The van der Waals surface area contributed by atoms with Crippen LogP contribution in [0.25, 0.3) is 0 Å². The van der Waals surface area contributed by atoms with Crippen LogP contribution in [-0.2, 0) is 10.0 Å². The first-order valence-corrected chi connectivity index (χ1v) is 11.6. The van der Waals surface area contributed by atoms with Gasteiger partial charge in [0.05, 0.1) is 4.90 Å². The van der Waals surface area contributed by atoms with Crippen molar-refractivity contribution in [2.45, 2.75) is 4.90 Å². The van der Waals surface area contributed by atoms with Gasteiger partial charge in [-0.15, -0.1) is 0 Å². The Bertz CT molecular complexity index is 1260. The molecule has 6 nitrogen and oxygen atoms in total. The average Bonchev–Trinajstić information content (AvgIpc) is 2.81. The van der Waals surface area contributed by atoms with E-state index in [0.29, 0.717) is 37.8 Å². The Morgan fingerprint density at radius 3 is 2.03 bits per heavy atom. The Morgan fingerprint density at radius 2 is 1.42 bits per heavy atom. The second kappa shape index (κ2) is 9.14. The second-order valence-electron chi connectivity index (χ2n) is 7.51. The van der Waals surface area contributed by atoms with Gasteiger partial charge in [0, 0.05) is 43.1 Å². The fraction of sp³-hybridized carbons (Fsp3) is 0.174. The van der Waals surface area contributed by atoms with E-state index >= 15 is 0 Å². The number of anilines is 2. The molecule has 0 atom stereocenters. The lowest BCUT2D eigenvalue weighted by molar-refractivity contribution is 0.0747. The van der Waals surface area contributed by atoms with Crippen LogP contribution >= 0.6 is 0 Å². The van der Waals surface area contributed by atoms with Gasteiger partial charge < -0.3 is 9.80 Å². The zero-order valence-electron chi connectivity index (χ0n) is 17.3. The molecule has 1 N–H and O–H groups in total. The van der Waals surface area contributed by atoms with Gasteiger partial charge in [0.25, 0.3) is 15.9 Å². The summed E-state index contributed by atoms with van der Waals surface area (Å²) in [5, 5.41) is 0. The molecule has 0 unspecified atom stereocenters. The number of halogens is 3. The van der Waals surface area contributed by atoms with Crippen molar-refractivity contribution >= 4 is 27.3 Å². The van der Waals surface area contributed by atoms with Gasteiger partial charge in [-0.1, -0.05) is 0 Å². The monoisotopic (exact) mass is 475 g/mol. The predicted octanol–water partition coefficient (Wildman–Crippen LogP) is 3.87. The number of piperazine rings is 1. The van der Waals surface area contributed by atoms with Gasteiger partial charge in [0.1, 0.15) is 5.82 Å². The molecule has 0 radical (unpaired) electrons. The first kappa shape index (κ1) is 22.7. The number of nitrogens with zero attached hydrogens (tertiary/aromatic N) is 2. The van der Waals surface area contributed by atoms with Crippen LogP contribution in [0.4, 0.5) is 24.5 Å². The van der Waals surface area contributed by atoms with Crippen molar-refractivity contribution in [3.63, 3.8) is 0 Å². The summed E-state index contributed by atoms with van der Waals surface area (Å²) in [7, 11) is -4.12. The highest BCUT2D eigenvalue weighted by atomic mass is 32.2. The number of amides is 1. The minimum Gasteiger partial charge on any atom is -0.368 e. The number of sulfonamides is 1. The molecular formula is C23H20F3N3O3S. The maximum absolute atomic E-state index is 13.4. The van der Waals surface area contributed by atoms with Gasteiger partial charge in [0.15, 0.2) is 11.6 Å². The standard InChI is InChI=1S/C23H20F3N3O3S/c24-17-3-7-19(8-4-17)28-11-13-29(14-12-28)23(30)16-1-5-18(6-2-16)27-33(31,32)20-9-10-21(25)22(26)15-20/h1-10,15,27H,11-14H2. The summed E-state index contributed by atoms with van der Waals surface area (Å²) in [5.74, 6) is -2.90. The van der Waals surface area contributed by atoms with E-state index in [9.17, 15) is 26.4 Å². The molecule has 4 rings (SSSR count). The van der Waals surface area contributed by atoms with Crippen molar-refractivity contribution in [3.8, 4) is 0 Å². The molecule has 3 aromatic rings. The van der Waals surface area contributed by atoms with Crippen LogP contribution in [0.2, 0.25) is 0 Å². The summed E-state index contributed by atoms with van der Waals surface area (Å²) in [6.07, 6.45) is 0. The smallest absolute Gasteiger partial charge is 0.261 e. The number of hydrogen-bond acceptors (Lipinski definition) is 4. The summed E-state index contributed by atoms with van der Waals surface area (Å²) in [5.41, 5.74) is 1.46. The molecule has 0 aliphatic carbocycles. The van der Waals surface area contributed by atoms with E-state index in [1.807, 2.05) is 0 Å². The van der Waals surface area contributed by atoms with Gasteiger partial charge in [-0.05, 0) is 66.7 Å². The Morgan fingerprint density at radius 1 is 0.788 bits per heavy atom. The van der Waals surface area contributed by atoms with Crippen molar-refractivity contribution in [2.24, 2.45) is 0 Å². The maximum Gasteiger partial charge on any atom is 0.261 e. The van der Waals surface area contributed by atoms with Crippen LogP contribution in [0.5, 0.6) is 0 Å². The molecule has 0 aromatic heterocycles. The lowest BCUT2D eigenvalue weighted by atomic mass is 10.1. The van der Waals surface area contributed by atoms with Crippen molar-refractivity contribution in [3.05, 3.63) is 89.7 Å². The van der Waals surface area contributed by atoms with E-state index in [0.717, 1.165) is 17.8 Å². The quantitative estimate of drug-likeness (QED) is 0.609. The Kier molecular flexibility index (Phi) is 6.28. The molecule has 33 heavy (non-hydrogen) atoms. The van der Waals surface area contributed by atoms with Crippen LogP contribution in [0.3, 0.4) is 0 Å². The van der Waals surface area contributed by atoms with E-state index in [-0.39, 0.29) is 17.4 Å². The lowest BCUT2D eigenvalue weighted by Crippen LogP contribution is -2.48. The van der Waals surface area contributed by atoms with Crippen molar-refractivity contribution in [1.82, 2.24) is 4.90 Å². The third-order valence-electron chi connectivity index (χ3n) is 5.34. The van der Waals surface area contributed by atoms with Crippen LogP contribution in [0, 0.1) is 17.5 Å².